The minimum Gasteiger partial charge on any atom is -0.299 e. The summed E-state index contributed by atoms with van der Waals surface area (Å²) < 4.78 is 1.56. The zero-order chi connectivity index (χ0) is 13.2. The average molecular weight is 255 g/mol. The van der Waals surface area contributed by atoms with E-state index < -0.39 is 6.04 Å². The van der Waals surface area contributed by atoms with E-state index in [0.717, 1.165) is 5.56 Å². The van der Waals surface area contributed by atoms with Crippen LogP contribution in [0.4, 0.5) is 0 Å². The molecule has 3 rings (SSSR count). The Morgan fingerprint density at radius 3 is 2.63 bits per heavy atom. The lowest BCUT2D eigenvalue weighted by atomic mass is 9.78. The van der Waals surface area contributed by atoms with Gasteiger partial charge >= 0.3 is 0 Å². The highest BCUT2D eigenvalue weighted by Crippen LogP contribution is 2.36. The molecule has 1 aliphatic rings. The number of carbonyl (C=O) groups is 2. The molecule has 2 aromatic rings. The summed E-state index contributed by atoms with van der Waals surface area (Å²) in [6.07, 6.45) is 3.31. The molecule has 0 spiro atoms. The molecule has 5 heteroatoms. The third-order valence-corrected chi connectivity index (χ3v) is 3.48. The first-order valence-electron chi connectivity index (χ1n) is 6.19. The van der Waals surface area contributed by atoms with Crippen LogP contribution in [-0.4, -0.2) is 26.3 Å². The third kappa shape index (κ3) is 2.19. The Morgan fingerprint density at radius 1 is 1.16 bits per heavy atom. The fourth-order valence-electron chi connectivity index (χ4n) is 2.65. The highest BCUT2D eigenvalue weighted by molar-refractivity contribution is 6.04. The molecule has 1 aromatic carbocycles. The first-order chi connectivity index (χ1) is 9.25. The van der Waals surface area contributed by atoms with Crippen LogP contribution < -0.4 is 0 Å². The van der Waals surface area contributed by atoms with Gasteiger partial charge in [0.25, 0.3) is 0 Å². The summed E-state index contributed by atoms with van der Waals surface area (Å²) in [6.45, 7) is 0. The van der Waals surface area contributed by atoms with Crippen molar-refractivity contribution in [3.63, 3.8) is 0 Å². The molecule has 96 valence electrons. The monoisotopic (exact) mass is 255 g/mol. The van der Waals surface area contributed by atoms with Gasteiger partial charge in [-0.25, -0.2) is 9.67 Å². The Kier molecular flexibility index (Phi) is 2.95. The second kappa shape index (κ2) is 4.76. The van der Waals surface area contributed by atoms with Crippen molar-refractivity contribution in [1.82, 2.24) is 14.8 Å². The fourth-order valence-corrected chi connectivity index (χ4v) is 2.65. The first kappa shape index (κ1) is 11.8. The highest BCUT2D eigenvalue weighted by Gasteiger charge is 2.38. The number of Topliss-reactive ketones (excluding diaryl/α,β-unsaturated/α-hetero) is 2. The van der Waals surface area contributed by atoms with Crippen LogP contribution in [0.2, 0.25) is 0 Å². The van der Waals surface area contributed by atoms with Crippen LogP contribution in [0.1, 0.15) is 30.4 Å². The van der Waals surface area contributed by atoms with E-state index >= 15 is 0 Å². The van der Waals surface area contributed by atoms with Crippen molar-refractivity contribution in [2.24, 2.45) is 0 Å². The number of aromatic nitrogens is 3. The molecule has 5 nitrogen and oxygen atoms in total. The molecule has 2 atom stereocenters. The Bertz CT molecular complexity index is 592. The van der Waals surface area contributed by atoms with Crippen molar-refractivity contribution in [2.45, 2.75) is 24.8 Å². The van der Waals surface area contributed by atoms with E-state index in [4.69, 9.17) is 0 Å². The summed E-state index contributed by atoms with van der Waals surface area (Å²) >= 11 is 0. The number of hydrogen-bond acceptors (Lipinski definition) is 4. The van der Waals surface area contributed by atoms with Gasteiger partial charge < -0.3 is 0 Å². The first-order valence-corrected chi connectivity index (χ1v) is 6.19. The lowest BCUT2D eigenvalue weighted by Gasteiger charge is -2.29. The maximum Gasteiger partial charge on any atom is 0.165 e. The largest absolute Gasteiger partial charge is 0.299 e. The predicted molar refractivity (Wildman–Crippen MR) is 67.5 cm³/mol. The van der Waals surface area contributed by atoms with Crippen LogP contribution in [0.3, 0.4) is 0 Å². The quantitative estimate of drug-likeness (QED) is 0.763. The van der Waals surface area contributed by atoms with Crippen LogP contribution in [0.15, 0.2) is 43.0 Å². The van der Waals surface area contributed by atoms with Crippen LogP contribution in [0.5, 0.6) is 0 Å². The molecular formula is C14H13N3O2. The van der Waals surface area contributed by atoms with Crippen LogP contribution in [0.25, 0.3) is 0 Å². The lowest BCUT2D eigenvalue weighted by Crippen LogP contribution is -2.34. The Hall–Kier alpha value is -2.30. The molecule has 1 aromatic heterocycles. The average Bonchev–Trinajstić information content (AvgIpc) is 2.92. The van der Waals surface area contributed by atoms with Gasteiger partial charge in [0.1, 0.15) is 24.5 Å². The number of benzene rings is 1. The van der Waals surface area contributed by atoms with Crippen molar-refractivity contribution < 1.29 is 9.59 Å². The highest BCUT2D eigenvalue weighted by atomic mass is 16.2. The van der Waals surface area contributed by atoms with Gasteiger partial charge in [-0.3, -0.25) is 9.59 Å². The number of carbonyl (C=O) groups excluding carboxylic acids is 2. The van der Waals surface area contributed by atoms with Gasteiger partial charge in [0.2, 0.25) is 0 Å². The zero-order valence-corrected chi connectivity index (χ0v) is 10.3. The zero-order valence-electron chi connectivity index (χ0n) is 10.3. The van der Waals surface area contributed by atoms with E-state index in [1.54, 1.807) is 4.68 Å². The molecule has 1 saturated carbocycles. The van der Waals surface area contributed by atoms with Crippen molar-refractivity contribution in [2.75, 3.05) is 0 Å². The van der Waals surface area contributed by atoms with Crippen molar-refractivity contribution >= 4 is 11.6 Å². The topological polar surface area (TPSA) is 64.8 Å². The molecule has 1 fully saturated rings. The molecule has 1 heterocycles. The third-order valence-electron chi connectivity index (χ3n) is 3.48. The number of rotatable bonds is 2. The lowest BCUT2D eigenvalue weighted by molar-refractivity contribution is -0.133. The minimum atomic E-state index is -0.428. The molecule has 0 N–H and O–H groups in total. The molecule has 1 aliphatic carbocycles. The molecule has 0 unspecified atom stereocenters. The van der Waals surface area contributed by atoms with Gasteiger partial charge in [-0.05, 0) is 5.56 Å². The maximum atomic E-state index is 12.2. The SMILES string of the molecule is O=C1CC(=O)[C@@H](n2cncn2)[C@H](c2ccccc2)C1. The van der Waals surface area contributed by atoms with Crippen molar-refractivity contribution in [3.8, 4) is 0 Å². The van der Waals surface area contributed by atoms with E-state index in [9.17, 15) is 9.59 Å². The van der Waals surface area contributed by atoms with Crippen LogP contribution >= 0.6 is 0 Å². The smallest absolute Gasteiger partial charge is 0.165 e. The molecule has 0 bridgehead atoms. The summed E-state index contributed by atoms with van der Waals surface area (Å²) in [4.78, 5) is 27.8. The van der Waals surface area contributed by atoms with Crippen LogP contribution in [-0.2, 0) is 9.59 Å². The van der Waals surface area contributed by atoms with Gasteiger partial charge in [0, 0.05) is 12.3 Å². The summed E-state index contributed by atoms with van der Waals surface area (Å²) in [7, 11) is 0. The Balaban J connectivity index is 2.02. The van der Waals surface area contributed by atoms with Crippen LogP contribution in [0, 0.1) is 0 Å². The Morgan fingerprint density at radius 2 is 1.95 bits per heavy atom. The second-order valence-electron chi connectivity index (χ2n) is 4.72. The molecule has 19 heavy (non-hydrogen) atoms. The summed E-state index contributed by atoms with van der Waals surface area (Å²) in [6, 6.07) is 9.21. The van der Waals surface area contributed by atoms with Crippen molar-refractivity contribution in [1.29, 1.82) is 0 Å². The number of hydrogen-bond donors (Lipinski definition) is 0. The van der Waals surface area contributed by atoms with Gasteiger partial charge in [-0.1, -0.05) is 30.3 Å². The van der Waals surface area contributed by atoms with Gasteiger partial charge in [0.05, 0.1) is 6.42 Å². The molecule has 0 radical (unpaired) electrons. The number of ketones is 2. The molecule has 0 saturated heterocycles. The van der Waals surface area contributed by atoms with E-state index in [-0.39, 0.29) is 23.9 Å². The predicted octanol–water partition coefficient (Wildman–Crippen LogP) is 1.54. The second-order valence-corrected chi connectivity index (χ2v) is 4.72. The Labute approximate surface area is 110 Å². The summed E-state index contributed by atoms with van der Waals surface area (Å²) in [5, 5.41) is 4.06. The standard InChI is InChI=1S/C14H13N3O2/c18-11-6-12(10-4-2-1-3-5-10)14(13(19)7-11)17-9-15-8-16-17/h1-5,8-9,12,14H,6-7H2/t12-,14-/m0/s1. The maximum absolute atomic E-state index is 12.2. The number of nitrogens with zero attached hydrogens (tertiary/aromatic N) is 3. The summed E-state index contributed by atoms with van der Waals surface area (Å²) in [5.74, 6) is -0.248. The van der Waals surface area contributed by atoms with E-state index in [2.05, 4.69) is 10.1 Å². The van der Waals surface area contributed by atoms with E-state index in [1.165, 1.54) is 12.7 Å². The van der Waals surface area contributed by atoms with E-state index in [0.29, 0.717) is 6.42 Å². The fraction of sp³-hybridized carbons (Fsp3) is 0.286. The molecular weight excluding hydrogens is 242 g/mol. The van der Waals surface area contributed by atoms with E-state index in [1.807, 2.05) is 30.3 Å². The van der Waals surface area contributed by atoms with Gasteiger partial charge in [0.15, 0.2) is 5.78 Å². The molecule has 0 amide bonds. The van der Waals surface area contributed by atoms with Gasteiger partial charge in [-0.2, -0.15) is 5.10 Å². The normalized spacial score (nSPS) is 23.6. The van der Waals surface area contributed by atoms with Crippen molar-refractivity contribution in [3.05, 3.63) is 48.5 Å². The molecule has 0 aliphatic heterocycles. The minimum absolute atomic E-state index is 0.00443. The van der Waals surface area contributed by atoms with Gasteiger partial charge in [-0.15, -0.1) is 0 Å². The summed E-state index contributed by atoms with van der Waals surface area (Å²) in [5.41, 5.74) is 0.990.